The van der Waals surface area contributed by atoms with Crippen LogP contribution in [-0.2, 0) is 6.61 Å². The first kappa shape index (κ1) is 17.7. The van der Waals surface area contributed by atoms with Crippen LogP contribution >= 0.6 is 23.2 Å². The van der Waals surface area contributed by atoms with E-state index in [0.717, 1.165) is 11.1 Å². The summed E-state index contributed by atoms with van der Waals surface area (Å²) in [7, 11) is 0. The number of carbonyl (C=O) groups excluding carboxylic acids is 1. The van der Waals surface area contributed by atoms with Crippen LogP contribution in [-0.4, -0.2) is 5.78 Å². The van der Waals surface area contributed by atoms with Crippen molar-refractivity contribution in [3.05, 3.63) is 99.2 Å². The summed E-state index contributed by atoms with van der Waals surface area (Å²) in [5.74, 6) is 1.17. The van der Waals surface area contributed by atoms with E-state index in [1.807, 2.05) is 36.4 Å². The molecule has 3 aromatic carbocycles. The maximum absolute atomic E-state index is 12.5. The first-order valence-electron chi connectivity index (χ1n) is 8.30. The van der Waals surface area contributed by atoms with Gasteiger partial charge in [0.2, 0.25) is 5.78 Å². The minimum Gasteiger partial charge on any atom is -0.489 e. The number of rotatable bonds is 4. The van der Waals surface area contributed by atoms with Crippen LogP contribution in [0.15, 0.2) is 72.5 Å². The normalized spacial score (nSPS) is 14.1. The molecule has 5 heteroatoms. The van der Waals surface area contributed by atoms with E-state index >= 15 is 0 Å². The average Bonchev–Trinajstić information content (AvgIpc) is 2.96. The molecule has 1 heterocycles. The topological polar surface area (TPSA) is 35.5 Å². The summed E-state index contributed by atoms with van der Waals surface area (Å²) in [6.45, 7) is 0.331. The van der Waals surface area contributed by atoms with Gasteiger partial charge in [-0.3, -0.25) is 4.79 Å². The van der Waals surface area contributed by atoms with E-state index in [1.54, 1.807) is 36.4 Å². The second-order valence-electron chi connectivity index (χ2n) is 6.03. The van der Waals surface area contributed by atoms with Crippen molar-refractivity contribution in [2.45, 2.75) is 6.61 Å². The summed E-state index contributed by atoms with van der Waals surface area (Å²) < 4.78 is 11.5. The minimum atomic E-state index is -0.164. The summed E-state index contributed by atoms with van der Waals surface area (Å²) >= 11 is 12.1. The van der Waals surface area contributed by atoms with Crippen LogP contribution in [0.2, 0.25) is 10.0 Å². The Balaban J connectivity index is 1.53. The molecule has 0 aromatic heterocycles. The quantitative estimate of drug-likeness (QED) is 0.493. The maximum Gasteiger partial charge on any atom is 0.231 e. The molecule has 0 spiro atoms. The van der Waals surface area contributed by atoms with E-state index in [4.69, 9.17) is 32.7 Å². The van der Waals surface area contributed by atoms with Gasteiger partial charge in [-0.1, -0.05) is 53.5 Å². The highest BCUT2D eigenvalue weighted by Crippen LogP contribution is 2.35. The van der Waals surface area contributed by atoms with Crippen molar-refractivity contribution >= 4 is 35.1 Å². The van der Waals surface area contributed by atoms with E-state index in [1.165, 1.54) is 0 Å². The van der Waals surface area contributed by atoms with E-state index in [0.29, 0.717) is 33.7 Å². The predicted molar refractivity (Wildman–Crippen MR) is 107 cm³/mol. The van der Waals surface area contributed by atoms with Crippen LogP contribution in [0.3, 0.4) is 0 Å². The van der Waals surface area contributed by atoms with Gasteiger partial charge in [0.1, 0.15) is 18.1 Å². The van der Waals surface area contributed by atoms with Crippen LogP contribution in [0.1, 0.15) is 21.5 Å². The molecule has 0 N–H and O–H groups in total. The van der Waals surface area contributed by atoms with E-state index in [-0.39, 0.29) is 11.5 Å². The molecule has 0 radical (unpaired) electrons. The Labute approximate surface area is 166 Å². The van der Waals surface area contributed by atoms with Crippen molar-refractivity contribution in [1.29, 1.82) is 0 Å². The molecule has 1 aliphatic heterocycles. The van der Waals surface area contributed by atoms with Crippen LogP contribution in [0.25, 0.3) is 6.08 Å². The molecule has 27 heavy (non-hydrogen) atoms. The Morgan fingerprint density at radius 2 is 1.81 bits per heavy atom. The zero-order valence-electron chi connectivity index (χ0n) is 14.1. The zero-order chi connectivity index (χ0) is 18.8. The van der Waals surface area contributed by atoms with E-state index in [9.17, 15) is 4.79 Å². The van der Waals surface area contributed by atoms with Crippen molar-refractivity contribution in [1.82, 2.24) is 0 Å². The average molecular weight is 397 g/mol. The predicted octanol–water partition coefficient (Wildman–Crippen LogP) is 6.19. The third-order valence-electron chi connectivity index (χ3n) is 4.14. The van der Waals surface area contributed by atoms with Crippen molar-refractivity contribution in [3.8, 4) is 11.5 Å². The molecule has 4 rings (SSSR count). The zero-order valence-corrected chi connectivity index (χ0v) is 15.6. The Kier molecular flexibility index (Phi) is 4.88. The summed E-state index contributed by atoms with van der Waals surface area (Å²) in [6.07, 6.45) is 1.68. The van der Waals surface area contributed by atoms with Crippen molar-refractivity contribution in [2.24, 2.45) is 0 Å². The number of Topliss-reactive ketones (excluding diaryl/α,β-unsaturated/α-hetero) is 1. The molecule has 134 valence electrons. The van der Waals surface area contributed by atoms with Gasteiger partial charge in [-0.2, -0.15) is 0 Å². The lowest BCUT2D eigenvalue weighted by atomic mass is 10.1. The first-order valence-corrected chi connectivity index (χ1v) is 9.06. The molecule has 3 nitrogen and oxygen atoms in total. The Bertz CT molecular complexity index is 1060. The molecule has 0 amide bonds. The van der Waals surface area contributed by atoms with Crippen LogP contribution in [0.5, 0.6) is 11.5 Å². The van der Waals surface area contributed by atoms with Gasteiger partial charge in [-0.05, 0) is 42.0 Å². The van der Waals surface area contributed by atoms with Gasteiger partial charge >= 0.3 is 0 Å². The molecule has 0 aliphatic carbocycles. The summed E-state index contributed by atoms with van der Waals surface area (Å²) in [5, 5.41) is 1.25. The number of hydrogen-bond donors (Lipinski definition) is 0. The molecule has 0 unspecified atom stereocenters. The number of carbonyl (C=O) groups is 1. The molecule has 3 aromatic rings. The van der Waals surface area contributed by atoms with Crippen LogP contribution < -0.4 is 9.47 Å². The summed E-state index contributed by atoms with van der Waals surface area (Å²) in [4.78, 5) is 12.5. The number of ether oxygens (including phenoxy) is 2. The first-order chi connectivity index (χ1) is 13.1. The van der Waals surface area contributed by atoms with Gasteiger partial charge in [0.25, 0.3) is 0 Å². The lowest BCUT2D eigenvalue weighted by molar-refractivity contribution is 0.101. The number of benzene rings is 3. The molecule has 0 saturated carbocycles. The minimum absolute atomic E-state index is 0.164. The number of fused-ring (bicyclic) bond motifs is 1. The van der Waals surface area contributed by atoms with Gasteiger partial charge in [0.05, 0.1) is 5.56 Å². The largest absolute Gasteiger partial charge is 0.489 e. The molecular formula is C22H14Cl2O3. The van der Waals surface area contributed by atoms with E-state index < -0.39 is 0 Å². The number of hydrogen-bond acceptors (Lipinski definition) is 3. The second kappa shape index (κ2) is 7.47. The van der Waals surface area contributed by atoms with Gasteiger partial charge in [-0.15, -0.1) is 0 Å². The van der Waals surface area contributed by atoms with Crippen molar-refractivity contribution in [2.75, 3.05) is 0 Å². The second-order valence-corrected chi connectivity index (χ2v) is 6.88. The monoisotopic (exact) mass is 396 g/mol. The fourth-order valence-electron chi connectivity index (χ4n) is 2.78. The SMILES string of the molecule is O=C1C(=Cc2cccc(Cl)c2)Oc2cc(OCc3ccccc3Cl)ccc21. The number of ketones is 1. The van der Waals surface area contributed by atoms with Crippen molar-refractivity contribution in [3.63, 3.8) is 0 Å². The van der Waals surface area contributed by atoms with Gasteiger partial charge < -0.3 is 9.47 Å². The highest BCUT2D eigenvalue weighted by Gasteiger charge is 2.27. The number of halogens is 2. The summed E-state index contributed by atoms with van der Waals surface area (Å²) in [5.41, 5.74) is 2.19. The fourth-order valence-corrected chi connectivity index (χ4v) is 3.17. The Morgan fingerprint density at radius 3 is 2.63 bits per heavy atom. The fraction of sp³-hybridized carbons (Fsp3) is 0.0455. The lowest BCUT2D eigenvalue weighted by Gasteiger charge is -2.08. The standard InChI is InChI=1S/C22H14Cl2O3/c23-16-6-3-4-14(10-16)11-21-22(25)18-9-8-17(12-20(18)27-21)26-13-15-5-1-2-7-19(15)24/h1-12H,13H2. The Hall–Kier alpha value is -2.75. The molecule has 0 fully saturated rings. The Morgan fingerprint density at radius 1 is 0.963 bits per heavy atom. The maximum atomic E-state index is 12.5. The molecule has 0 atom stereocenters. The van der Waals surface area contributed by atoms with Crippen LogP contribution in [0.4, 0.5) is 0 Å². The van der Waals surface area contributed by atoms with Gasteiger partial charge in [-0.25, -0.2) is 0 Å². The third-order valence-corrected chi connectivity index (χ3v) is 4.74. The third kappa shape index (κ3) is 3.85. The summed E-state index contributed by atoms with van der Waals surface area (Å²) in [6, 6.07) is 19.9. The van der Waals surface area contributed by atoms with E-state index in [2.05, 4.69) is 0 Å². The molecule has 0 bridgehead atoms. The molecule has 1 aliphatic rings. The number of allylic oxidation sites excluding steroid dienone is 1. The van der Waals surface area contributed by atoms with Gasteiger partial charge in [0.15, 0.2) is 5.76 Å². The lowest BCUT2D eigenvalue weighted by Crippen LogP contribution is -1.98. The van der Waals surface area contributed by atoms with Gasteiger partial charge in [0, 0.05) is 21.7 Å². The molecule has 0 saturated heterocycles. The smallest absolute Gasteiger partial charge is 0.231 e. The molecular weight excluding hydrogens is 383 g/mol. The van der Waals surface area contributed by atoms with Crippen LogP contribution in [0, 0.1) is 0 Å². The highest BCUT2D eigenvalue weighted by atomic mass is 35.5. The highest BCUT2D eigenvalue weighted by molar-refractivity contribution is 6.31. The van der Waals surface area contributed by atoms with Crippen molar-refractivity contribution < 1.29 is 14.3 Å².